The van der Waals surface area contributed by atoms with Crippen LogP contribution in [0.15, 0.2) is 29.4 Å². The minimum atomic E-state index is 0.0396. The van der Waals surface area contributed by atoms with Crippen LogP contribution in [-0.4, -0.2) is 50.1 Å². The molecule has 1 heterocycles. The van der Waals surface area contributed by atoms with Crippen LogP contribution < -0.4 is 5.32 Å². The number of imidazole rings is 1. The lowest BCUT2D eigenvalue weighted by Crippen LogP contribution is -2.43. The van der Waals surface area contributed by atoms with Crippen molar-refractivity contribution in [2.24, 2.45) is 0 Å². The molecule has 0 radical (unpaired) electrons. The molecule has 158 valence electrons. The minimum Gasteiger partial charge on any atom is -0.353 e. The smallest absolute Gasteiger partial charge is 0.243 e. The molecule has 1 aliphatic rings. The van der Waals surface area contributed by atoms with E-state index in [0.29, 0.717) is 17.0 Å². The predicted octanol–water partition coefficient (Wildman–Crippen LogP) is 3.83. The number of nitrogens with one attached hydrogen (secondary N) is 1. The van der Waals surface area contributed by atoms with Gasteiger partial charge in [-0.15, -0.1) is 0 Å². The molecule has 6 nitrogen and oxygen atoms in total. The molecule has 1 aliphatic carbocycles. The lowest BCUT2D eigenvalue weighted by atomic mass is 10.2. The largest absolute Gasteiger partial charge is 0.353 e. The van der Waals surface area contributed by atoms with Crippen LogP contribution in [0.2, 0.25) is 0 Å². The lowest BCUT2D eigenvalue weighted by Gasteiger charge is -2.31. The van der Waals surface area contributed by atoms with Crippen molar-refractivity contribution in [1.29, 1.82) is 0 Å². The van der Waals surface area contributed by atoms with E-state index in [1.54, 1.807) is 0 Å². The van der Waals surface area contributed by atoms with Crippen molar-refractivity contribution in [3.63, 3.8) is 0 Å². The first-order valence-corrected chi connectivity index (χ1v) is 11.5. The molecule has 0 unspecified atom stereocenters. The maximum Gasteiger partial charge on any atom is 0.243 e. The van der Waals surface area contributed by atoms with Gasteiger partial charge >= 0.3 is 0 Å². The Morgan fingerprint density at radius 2 is 1.83 bits per heavy atom. The number of para-hydroxylation sites is 2. The number of benzene rings is 1. The van der Waals surface area contributed by atoms with Crippen molar-refractivity contribution < 1.29 is 9.59 Å². The van der Waals surface area contributed by atoms with Crippen LogP contribution in [0.4, 0.5) is 0 Å². The number of hydrogen-bond donors (Lipinski definition) is 1. The van der Waals surface area contributed by atoms with E-state index in [1.807, 2.05) is 61.4 Å². The molecule has 1 saturated carbocycles. The molecule has 29 heavy (non-hydrogen) atoms. The Morgan fingerprint density at radius 1 is 1.17 bits per heavy atom. The van der Waals surface area contributed by atoms with Gasteiger partial charge in [0.1, 0.15) is 6.54 Å². The fourth-order valence-electron chi connectivity index (χ4n) is 4.18. The molecule has 0 spiro atoms. The Labute approximate surface area is 177 Å². The van der Waals surface area contributed by atoms with Crippen molar-refractivity contribution in [1.82, 2.24) is 19.8 Å². The van der Waals surface area contributed by atoms with Crippen LogP contribution in [-0.2, 0) is 16.1 Å². The molecule has 7 heteroatoms. The summed E-state index contributed by atoms with van der Waals surface area (Å²) in [4.78, 5) is 32.0. The van der Waals surface area contributed by atoms with Gasteiger partial charge < -0.3 is 14.8 Å². The predicted molar refractivity (Wildman–Crippen MR) is 118 cm³/mol. The van der Waals surface area contributed by atoms with Crippen LogP contribution in [0.3, 0.4) is 0 Å². The van der Waals surface area contributed by atoms with Gasteiger partial charge in [-0.2, -0.15) is 0 Å². The zero-order valence-corrected chi connectivity index (χ0v) is 18.7. The third-order valence-corrected chi connectivity index (χ3v) is 6.34. The molecular formula is C22H32N4O2S. The van der Waals surface area contributed by atoms with E-state index in [4.69, 9.17) is 4.98 Å². The minimum absolute atomic E-state index is 0.0396. The SMILES string of the molecule is CC(C)N(C(=O)Cn1c(SCC(=O)NC2CCCC2)nc2ccccc21)C(C)C. The Balaban J connectivity index is 1.76. The highest BCUT2D eigenvalue weighted by Crippen LogP contribution is 2.25. The number of fused-ring (bicyclic) bond motifs is 1. The van der Waals surface area contributed by atoms with Gasteiger partial charge in [-0.05, 0) is 52.7 Å². The van der Waals surface area contributed by atoms with E-state index in [0.717, 1.165) is 23.9 Å². The molecule has 0 bridgehead atoms. The van der Waals surface area contributed by atoms with E-state index in [1.165, 1.54) is 24.6 Å². The second kappa shape index (κ2) is 9.65. The summed E-state index contributed by atoms with van der Waals surface area (Å²) in [6.07, 6.45) is 4.53. The average molecular weight is 417 g/mol. The van der Waals surface area contributed by atoms with E-state index >= 15 is 0 Å². The maximum absolute atomic E-state index is 13.0. The van der Waals surface area contributed by atoms with Gasteiger partial charge in [0.2, 0.25) is 11.8 Å². The maximum atomic E-state index is 13.0. The van der Waals surface area contributed by atoms with Crippen LogP contribution in [0.1, 0.15) is 53.4 Å². The summed E-state index contributed by atoms with van der Waals surface area (Å²) in [5, 5.41) is 3.84. The van der Waals surface area contributed by atoms with E-state index in [2.05, 4.69) is 5.32 Å². The Bertz CT molecular complexity index is 848. The summed E-state index contributed by atoms with van der Waals surface area (Å²) in [5.41, 5.74) is 1.77. The Hall–Kier alpha value is -2.02. The molecule has 1 fully saturated rings. The van der Waals surface area contributed by atoms with E-state index < -0.39 is 0 Å². The third kappa shape index (κ3) is 5.32. The number of thioether (sulfide) groups is 1. The van der Waals surface area contributed by atoms with Gasteiger partial charge in [-0.1, -0.05) is 36.7 Å². The quantitative estimate of drug-likeness (QED) is 0.664. The first kappa shape index (κ1) is 21.7. The molecule has 1 aromatic heterocycles. The molecule has 0 atom stereocenters. The summed E-state index contributed by atoms with van der Waals surface area (Å²) in [7, 11) is 0. The van der Waals surface area contributed by atoms with Crippen molar-refractivity contribution in [2.45, 2.75) is 83.2 Å². The number of nitrogens with zero attached hydrogens (tertiary/aromatic N) is 3. The lowest BCUT2D eigenvalue weighted by molar-refractivity contribution is -0.135. The number of carbonyl (C=O) groups excluding carboxylic acids is 2. The van der Waals surface area contributed by atoms with Crippen LogP contribution in [0.5, 0.6) is 0 Å². The zero-order valence-electron chi connectivity index (χ0n) is 17.9. The van der Waals surface area contributed by atoms with Gasteiger partial charge in [0.05, 0.1) is 16.8 Å². The number of amides is 2. The zero-order chi connectivity index (χ0) is 21.0. The normalized spacial score (nSPS) is 14.8. The van der Waals surface area contributed by atoms with E-state index in [9.17, 15) is 9.59 Å². The van der Waals surface area contributed by atoms with Crippen LogP contribution in [0, 0.1) is 0 Å². The Morgan fingerprint density at radius 3 is 2.48 bits per heavy atom. The third-order valence-electron chi connectivity index (χ3n) is 5.37. The highest BCUT2D eigenvalue weighted by atomic mass is 32.2. The highest BCUT2D eigenvalue weighted by molar-refractivity contribution is 7.99. The number of carbonyl (C=O) groups is 2. The fourth-order valence-corrected chi connectivity index (χ4v) is 5.00. The van der Waals surface area contributed by atoms with Crippen LogP contribution >= 0.6 is 11.8 Å². The van der Waals surface area contributed by atoms with Gasteiger partial charge in [-0.3, -0.25) is 9.59 Å². The number of hydrogen-bond acceptors (Lipinski definition) is 4. The molecule has 0 aliphatic heterocycles. The molecule has 3 rings (SSSR count). The summed E-state index contributed by atoms with van der Waals surface area (Å²) >= 11 is 1.40. The summed E-state index contributed by atoms with van der Waals surface area (Å²) < 4.78 is 1.95. The molecule has 2 aromatic rings. The van der Waals surface area contributed by atoms with Crippen molar-refractivity contribution in [3.8, 4) is 0 Å². The molecule has 0 saturated heterocycles. The molecule has 1 N–H and O–H groups in total. The first-order chi connectivity index (χ1) is 13.9. The van der Waals surface area contributed by atoms with Gasteiger partial charge in [-0.25, -0.2) is 4.98 Å². The average Bonchev–Trinajstić information content (AvgIpc) is 3.27. The van der Waals surface area contributed by atoms with Gasteiger partial charge in [0, 0.05) is 18.1 Å². The number of rotatable bonds is 8. The van der Waals surface area contributed by atoms with Crippen molar-refractivity contribution in [3.05, 3.63) is 24.3 Å². The summed E-state index contributed by atoms with van der Waals surface area (Å²) in [6.45, 7) is 8.36. The highest BCUT2D eigenvalue weighted by Gasteiger charge is 2.23. The number of aromatic nitrogens is 2. The first-order valence-electron chi connectivity index (χ1n) is 10.6. The second-order valence-electron chi connectivity index (χ2n) is 8.30. The summed E-state index contributed by atoms with van der Waals surface area (Å²) in [5.74, 6) is 0.416. The Kier molecular flexibility index (Phi) is 7.22. The fraction of sp³-hybridized carbons (Fsp3) is 0.591. The standard InChI is InChI=1S/C22H32N4O2S/c1-15(2)26(16(3)4)21(28)13-25-19-12-8-7-11-18(19)24-22(25)29-14-20(27)23-17-9-5-6-10-17/h7-8,11-12,15-17H,5-6,9-10,13-14H2,1-4H3,(H,23,27). The monoisotopic (exact) mass is 416 g/mol. The van der Waals surface area contributed by atoms with Crippen LogP contribution in [0.25, 0.3) is 11.0 Å². The van der Waals surface area contributed by atoms with Crippen molar-refractivity contribution in [2.75, 3.05) is 5.75 Å². The molecular weight excluding hydrogens is 384 g/mol. The second-order valence-corrected chi connectivity index (χ2v) is 9.24. The van der Waals surface area contributed by atoms with Crippen molar-refractivity contribution >= 4 is 34.6 Å². The summed E-state index contributed by atoms with van der Waals surface area (Å²) in [6, 6.07) is 8.39. The topological polar surface area (TPSA) is 67.2 Å². The molecule has 2 amide bonds. The van der Waals surface area contributed by atoms with Gasteiger partial charge in [0.25, 0.3) is 0 Å². The van der Waals surface area contributed by atoms with Gasteiger partial charge in [0.15, 0.2) is 5.16 Å². The molecule has 1 aromatic carbocycles. The van der Waals surface area contributed by atoms with E-state index in [-0.39, 0.29) is 30.4 Å².